The molecule has 0 aliphatic carbocycles. The molecule has 4 heterocycles. The first-order valence-electron chi connectivity index (χ1n) is 12.7. The van der Waals surface area contributed by atoms with Crippen LogP contribution in [0.2, 0.25) is 0 Å². The molecule has 1 amide bonds. The lowest BCUT2D eigenvalue weighted by atomic mass is 10.1. The zero-order chi connectivity index (χ0) is 26.0. The van der Waals surface area contributed by atoms with Gasteiger partial charge in [0.05, 0.1) is 17.8 Å². The van der Waals surface area contributed by atoms with Gasteiger partial charge in [0.15, 0.2) is 5.16 Å². The number of rotatable bonds is 7. The minimum absolute atomic E-state index is 0.136. The summed E-state index contributed by atoms with van der Waals surface area (Å²) in [7, 11) is 0. The Kier molecular flexibility index (Phi) is 7.24. The monoisotopic (exact) mass is 518 g/mol. The summed E-state index contributed by atoms with van der Waals surface area (Å²) in [6.07, 6.45) is 5.44. The van der Waals surface area contributed by atoms with Gasteiger partial charge in [-0.15, -0.1) is 0 Å². The van der Waals surface area contributed by atoms with E-state index in [1.165, 1.54) is 17.3 Å². The maximum Gasteiger partial charge on any atom is 0.410 e. The summed E-state index contributed by atoms with van der Waals surface area (Å²) in [6, 6.07) is 16.9. The molecule has 2 saturated heterocycles. The third kappa shape index (κ3) is 5.98. The quantitative estimate of drug-likeness (QED) is 0.341. The van der Waals surface area contributed by atoms with E-state index in [4.69, 9.17) is 14.7 Å². The first-order valence-corrected chi connectivity index (χ1v) is 13.9. The number of carbonyl (C=O) groups is 1. The molecule has 8 nitrogen and oxygen atoms in total. The Labute approximate surface area is 222 Å². The molecule has 1 N–H and O–H groups in total. The number of nitrogens with zero attached hydrogens (tertiary/aromatic N) is 5. The highest BCUT2D eigenvalue weighted by Crippen LogP contribution is 2.36. The van der Waals surface area contributed by atoms with Crippen molar-refractivity contribution in [1.82, 2.24) is 19.9 Å². The minimum Gasteiger partial charge on any atom is -0.444 e. The maximum atomic E-state index is 12.7. The topological polar surface area (TPSA) is 83.5 Å². The van der Waals surface area contributed by atoms with Crippen LogP contribution in [-0.2, 0) is 11.2 Å². The highest BCUT2D eigenvalue weighted by molar-refractivity contribution is 7.98. The summed E-state index contributed by atoms with van der Waals surface area (Å²) in [5.41, 5.74) is 2.67. The third-order valence-corrected chi connectivity index (χ3v) is 7.20. The smallest absolute Gasteiger partial charge is 0.410 e. The number of aromatic nitrogens is 3. The maximum absolute atomic E-state index is 12.7. The Balaban J connectivity index is 1.29. The first-order chi connectivity index (χ1) is 17.8. The number of hydrogen-bond donors (Lipinski definition) is 1. The molecule has 3 aromatic rings. The van der Waals surface area contributed by atoms with Crippen molar-refractivity contribution in [3.05, 3.63) is 60.3 Å². The van der Waals surface area contributed by atoms with Crippen molar-refractivity contribution in [1.29, 1.82) is 0 Å². The molecule has 0 radical (unpaired) electrons. The normalized spacial score (nSPS) is 18.8. The van der Waals surface area contributed by atoms with Crippen LogP contribution in [0.4, 0.5) is 16.4 Å². The summed E-state index contributed by atoms with van der Waals surface area (Å²) < 4.78 is 5.62. The fraction of sp³-hybridized carbons (Fsp3) is 0.429. The van der Waals surface area contributed by atoms with E-state index >= 15 is 0 Å². The highest BCUT2D eigenvalue weighted by atomic mass is 32.2. The van der Waals surface area contributed by atoms with Gasteiger partial charge >= 0.3 is 6.09 Å². The third-order valence-electron chi connectivity index (χ3n) is 6.66. The van der Waals surface area contributed by atoms with Gasteiger partial charge in [0.25, 0.3) is 0 Å². The number of benzene rings is 1. The van der Waals surface area contributed by atoms with Gasteiger partial charge in [-0.05, 0) is 57.6 Å². The molecule has 194 valence electrons. The zero-order valence-electron chi connectivity index (χ0n) is 21.8. The lowest BCUT2D eigenvalue weighted by Gasteiger charge is -2.35. The number of pyridine rings is 1. The largest absolute Gasteiger partial charge is 0.444 e. The van der Waals surface area contributed by atoms with Gasteiger partial charge < -0.3 is 19.9 Å². The van der Waals surface area contributed by atoms with Crippen LogP contribution >= 0.6 is 11.8 Å². The van der Waals surface area contributed by atoms with E-state index in [-0.39, 0.29) is 18.2 Å². The van der Waals surface area contributed by atoms with Crippen LogP contribution in [0.1, 0.15) is 32.8 Å². The molecule has 5 rings (SSSR count). The van der Waals surface area contributed by atoms with Crippen LogP contribution in [-0.4, -0.2) is 69.5 Å². The molecule has 2 aromatic heterocycles. The molecular weight excluding hydrogens is 484 g/mol. The predicted octanol–water partition coefficient (Wildman–Crippen LogP) is 5.11. The molecule has 0 saturated carbocycles. The average molecular weight is 519 g/mol. The SMILES string of the molecule is CSc1nc(-c2ccnc(NCCc3ccccc3)c2)cc(N2CC3CC2CN3C(=O)OC(C)(C)C)n1. The van der Waals surface area contributed by atoms with E-state index in [1.807, 2.05) is 56.3 Å². The molecular formula is C28H34N6O2S. The minimum atomic E-state index is -0.493. The van der Waals surface area contributed by atoms with Gasteiger partial charge in [0.2, 0.25) is 0 Å². The van der Waals surface area contributed by atoms with Gasteiger partial charge in [-0.2, -0.15) is 0 Å². The van der Waals surface area contributed by atoms with Crippen molar-refractivity contribution >= 4 is 29.5 Å². The number of thioether (sulfide) groups is 1. The van der Waals surface area contributed by atoms with Gasteiger partial charge in [0, 0.05) is 37.5 Å². The summed E-state index contributed by atoms with van der Waals surface area (Å²) in [5, 5.41) is 4.17. The molecule has 37 heavy (non-hydrogen) atoms. The van der Waals surface area contributed by atoms with Crippen LogP contribution in [0.25, 0.3) is 11.3 Å². The van der Waals surface area contributed by atoms with Crippen molar-refractivity contribution in [2.45, 2.75) is 56.5 Å². The van der Waals surface area contributed by atoms with Crippen LogP contribution in [0.5, 0.6) is 0 Å². The van der Waals surface area contributed by atoms with Crippen LogP contribution < -0.4 is 10.2 Å². The first kappa shape index (κ1) is 25.3. The fourth-order valence-electron chi connectivity index (χ4n) is 4.96. The number of amides is 1. The van der Waals surface area contributed by atoms with E-state index in [0.717, 1.165) is 54.0 Å². The van der Waals surface area contributed by atoms with Crippen LogP contribution in [0, 0.1) is 0 Å². The fourth-order valence-corrected chi connectivity index (χ4v) is 5.33. The Morgan fingerprint density at radius 2 is 1.92 bits per heavy atom. The molecule has 2 unspecified atom stereocenters. The number of nitrogens with one attached hydrogen (secondary N) is 1. The van der Waals surface area contributed by atoms with Crippen molar-refractivity contribution in [2.24, 2.45) is 0 Å². The van der Waals surface area contributed by atoms with Crippen LogP contribution in [0.15, 0.2) is 59.9 Å². The molecule has 1 aromatic carbocycles. The second-order valence-electron chi connectivity index (χ2n) is 10.5. The number of anilines is 2. The van der Waals surface area contributed by atoms with E-state index in [1.54, 1.807) is 0 Å². The Bertz CT molecular complexity index is 1250. The molecule has 2 bridgehead atoms. The molecule has 2 fully saturated rings. The van der Waals surface area contributed by atoms with Crippen molar-refractivity contribution in [3.63, 3.8) is 0 Å². The van der Waals surface area contributed by atoms with E-state index in [0.29, 0.717) is 6.54 Å². The molecule has 0 spiro atoms. The predicted molar refractivity (Wildman–Crippen MR) is 148 cm³/mol. The number of fused-ring (bicyclic) bond motifs is 2. The van der Waals surface area contributed by atoms with Gasteiger partial charge in [-0.25, -0.2) is 19.7 Å². The van der Waals surface area contributed by atoms with Gasteiger partial charge in [-0.1, -0.05) is 42.1 Å². The molecule has 2 aliphatic rings. The summed E-state index contributed by atoms with van der Waals surface area (Å²) in [5.74, 6) is 1.73. The van der Waals surface area contributed by atoms with E-state index < -0.39 is 5.60 Å². The second-order valence-corrected chi connectivity index (χ2v) is 11.3. The van der Waals surface area contributed by atoms with Crippen molar-refractivity contribution in [3.8, 4) is 11.3 Å². The lowest BCUT2D eigenvalue weighted by Crippen LogP contribution is -2.50. The number of likely N-dealkylation sites (tertiary alicyclic amines) is 1. The summed E-state index contributed by atoms with van der Waals surface area (Å²) in [4.78, 5) is 31.0. The lowest BCUT2D eigenvalue weighted by molar-refractivity contribution is 0.0214. The zero-order valence-corrected chi connectivity index (χ0v) is 22.7. The summed E-state index contributed by atoms with van der Waals surface area (Å²) in [6.45, 7) is 7.91. The van der Waals surface area contributed by atoms with Gasteiger partial charge in [-0.3, -0.25) is 0 Å². The van der Waals surface area contributed by atoms with Crippen LogP contribution in [0.3, 0.4) is 0 Å². The van der Waals surface area contributed by atoms with Gasteiger partial charge in [0.1, 0.15) is 17.2 Å². The van der Waals surface area contributed by atoms with Crippen molar-refractivity contribution in [2.75, 3.05) is 36.1 Å². The summed E-state index contributed by atoms with van der Waals surface area (Å²) >= 11 is 1.53. The Hall–Kier alpha value is -3.33. The van der Waals surface area contributed by atoms with E-state index in [9.17, 15) is 4.79 Å². The Morgan fingerprint density at radius 1 is 1.11 bits per heavy atom. The molecule has 2 aliphatic heterocycles. The number of carbonyl (C=O) groups excluding carboxylic acids is 1. The van der Waals surface area contributed by atoms with E-state index in [2.05, 4.69) is 45.5 Å². The standard InChI is InChI=1S/C28H34N6O2S/c1-28(2,3)36-27(35)34-18-21-15-22(34)17-33(21)25-16-23(31-26(32-25)37-4)20-11-13-30-24(14-20)29-12-10-19-8-6-5-7-9-19/h5-9,11,13-14,16,21-22H,10,12,15,17-18H2,1-4H3,(H,29,30). The average Bonchev–Trinajstić information content (AvgIpc) is 3.50. The number of piperazine rings is 1. The molecule has 9 heteroatoms. The van der Waals surface area contributed by atoms with Crippen molar-refractivity contribution < 1.29 is 9.53 Å². The Morgan fingerprint density at radius 3 is 2.62 bits per heavy atom. The number of hydrogen-bond acceptors (Lipinski definition) is 8. The number of ether oxygens (including phenoxy) is 1. The molecule has 2 atom stereocenters. The second kappa shape index (κ2) is 10.6. The highest BCUT2D eigenvalue weighted by Gasteiger charge is 2.47.